The highest BCUT2D eigenvalue weighted by Gasteiger charge is 2.32. The Morgan fingerprint density at radius 1 is 1.33 bits per heavy atom. The van der Waals surface area contributed by atoms with Gasteiger partial charge in [-0.25, -0.2) is 13.4 Å². The summed E-state index contributed by atoms with van der Waals surface area (Å²) in [6.07, 6.45) is 4.43. The van der Waals surface area contributed by atoms with Crippen molar-refractivity contribution in [2.24, 2.45) is 4.99 Å². The number of hydrogen-bond donors (Lipinski definition) is 3. The van der Waals surface area contributed by atoms with Crippen LogP contribution in [-0.4, -0.2) is 44.9 Å². The second-order valence-electron chi connectivity index (χ2n) is 7.15. The van der Waals surface area contributed by atoms with Crippen LogP contribution in [0.15, 0.2) is 40.2 Å². The topological polar surface area (TPSA) is 138 Å². The molecule has 1 fully saturated rings. The van der Waals surface area contributed by atoms with E-state index in [1.54, 1.807) is 19.1 Å². The lowest BCUT2D eigenvalue weighted by Crippen LogP contribution is -2.32. The fourth-order valence-electron chi connectivity index (χ4n) is 3.30. The van der Waals surface area contributed by atoms with Gasteiger partial charge >= 0.3 is 0 Å². The molecule has 3 rings (SSSR count). The van der Waals surface area contributed by atoms with Crippen molar-refractivity contribution in [1.29, 1.82) is 0 Å². The Bertz CT molecular complexity index is 1150. The molecule has 1 aromatic heterocycles. The molecule has 1 aliphatic carbocycles. The minimum Gasteiger partial charge on any atom is -0.398 e. The number of pyridine rings is 1. The Balaban J connectivity index is 2.20. The van der Waals surface area contributed by atoms with Gasteiger partial charge in [-0.1, -0.05) is 0 Å². The summed E-state index contributed by atoms with van der Waals surface area (Å²) in [5.74, 6) is -0.243. The van der Waals surface area contributed by atoms with Gasteiger partial charge in [-0.2, -0.15) is 0 Å². The van der Waals surface area contributed by atoms with Gasteiger partial charge in [0.2, 0.25) is 15.6 Å². The molecule has 0 aliphatic heterocycles. The van der Waals surface area contributed by atoms with Gasteiger partial charge in [-0.3, -0.25) is 13.9 Å². The molecule has 30 heavy (non-hydrogen) atoms. The van der Waals surface area contributed by atoms with Crippen LogP contribution in [0.1, 0.15) is 36.8 Å². The predicted octanol–water partition coefficient (Wildman–Crippen LogP) is 1.49. The average Bonchev–Trinajstić information content (AvgIpc) is 3.52. The van der Waals surface area contributed by atoms with E-state index in [0.717, 1.165) is 24.7 Å². The summed E-state index contributed by atoms with van der Waals surface area (Å²) < 4.78 is 25.9. The Morgan fingerprint density at radius 3 is 2.53 bits per heavy atom. The molecule has 1 saturated carbocycles. The zero-order valence-electron chi connectivity index (χ0n) is 17.1. The lowest BCUT2D eigenvalue weighted by molar-refractivity contribution is -0.114. The van der Waals surface area contributed by atoms with E-state index in [-0.39, 0.29) is 29.4 Å². The number of nitrogen functional groups attached to an aromatic ring is 1. The second kappa shape index (κ2) is 8.31. The molecule has 1 aliphatic rings. The first-order valence-electron chi connectivity index (χ1n) is 9.56. The fraction of sp³-hybridized carbons (Fsp3) is 0.350. The zero-order chi connectivity index (χ0) is 22.1. The summed E-state index contributed by atoms with van der Waals surface area (Å²) in [7, 11) is -2.00. The quantitative estimate of drug-likeness (QED) is 0.450. The molecule has 1 heterocycles. The van der Waals surface area contributed by atoms with Crippen LogP contribution >= 0.6 is 0 Å². The predicted molar refractivity (Wildman–Crippen MR) is 118 cm³/mol. The third kappa shape index (κ3) is 4.54. The standard InChI is InChI=1S/C20H25N5O4S/c1-4-25(30(3,28)29)17-10-16(21)15(9-14(17)12-5-6-12)19(20(27)22-2)24-13-7-8-18(26)23-11-13/h7-12H,4-6,21H2,1-3H3,(H,22,27)(H,23,26). The number of aromatic amines is 1. The van der Waals surface area contributed by atoms with Crippen molar-refractivity contribution in [2.75, 3.05) is 29.9 Å². The summed E-state index contributed by atoms with van der Waals surface area (Å²) in [6.45, 7) is 2.03. The third-order valence-corrected chi connectivity index (χ3v) is 6.13. The first-order valence-corrected chi connectivity index (χ1v) is 11.4. The Hall–Kier alpha value is -3.14. The zero-order valence-corrected chi connectivity index (χ0v) is 17.9. The molecular weight excluding hydrogens is 406 g/mol. The molecular formula is C20H25N5O4S. The molecule has 9 nitrogen and oxygen atoms in total. The number of carbonyl (C=O) groups is 1. The second-order valence-corrected chi connectivity index (χ2v) is 9.06. The van der Waals surface area contributed by atoms with E-state index in [1.165, 1.54) is 29.7 Å². The number of nitrogens with one attached hydrogen (secondary N) is 2. The maximum Gasteiger partial charge on any atom is 0.270 e. The van der Waals surface area contributed by atoms with Crippen LogP contribution in [0.2, 0.25) is 0 Å². The molecule has 0 bridgehead atoms. The lowest BCUT2D eigenvalue weighted by Gasteiger charge is -2.25. The van der Waals surface area contributed by atoms with Crippen molar-refractivity contribution in [3.8, 4) is 0 Å². The Morgan fingerprint density at radius 2 is 2.03 bits per heavy atom. The maximum atomic E-state index is 12.6. The lowest BCUT2D eigenvalue weighted by atomic mass is 9.99. The van der Waals surface area contributed by atoms with Gasteiger partial charge in [0.05, 0.1) is 17.6 Å². The fourth-order valence-corrected chi connectivity index (χ4v) is 4.28. The minimum absolute atomic E-state index is 0.0814. The number of H-pyrrole nitrogens is 1. The SMILES string of the molecule is CCN(c1cc(N)c(C(=Nc2ccc(=O)[nH]c2)C(=O)NC)cc1C1CC1)S(C)(=O)=O. The molecule has 0 radical (unpaired) electrons. The number of sulfonamides is 1. The van der Waals surface area contributed by atoms with E-state index in [9.17, 15) is 18.0 Å². The summed E-state index contributed by atoms with van der Waals surface area (Å²) >= 11 is 0. The van der Waals surface area contributed by atoms with E-state index in [2.05, 4.69) is 15.3 Å². The van der Waals surface area contributed by atoms with Gasteiger partial charge in [-0.15, -0.1) is 0 Å². The van der Waals surface area contributed by atoms with Crippen LogP contribution in [0.4, 0.5) is 17.1 Å². The summed E-state index contributed by atoms with van der Waals surface area (Å²) in [5.41, 5.74) is 8.47. The highest BCUT2D eigenvalue weighted by atomic mass is 32.2. The maximum absolute atomic E-state index is 12.6. The highest BCUT2D eigenvalue weighted by Crippen LogP contribution is 2.46. The number of benzene rings is 1. The van der Waals surface area contributed by atoms with E-state index >= 15 is 0 Å². The molecule has 10 heteroatoms. The average molecular weight is 432 g/mol. The first-order chi connectivity index (χ1) is 14.2. The normalized spacial score (nSPS) is 14.4. The minimum atomic E-state index is -3.49. The molecule has 0 unspecified atom stereocenters. The monoisotopic (exact) mass is 431 g/mol. The number of likely N-dealkylation sites (N-methyl/N-ethyl adjacent to an activating group) is 1. The van der Waals surface area contributed by atoms with Crippen LogP contribution in [0.5, 0.6) is 0 Å². The van der Waals surface area contributed by atoms with Gasteiger partial charge in [0, 0.05) is 37.1 Å². The van der Waals surface area contributed by atoms with Crippen molar-refractivity contribution in [3.05, 3.63) is 51.9 Å². The van der Waals surface area contributed by atoms with Gasteiger partial charge < -0.3 is 16.0 Å². The van der Waals surface area contributed by atoms with Crippen LogP contribution in [-0.2, 0) is 14.8 Å². The Labute approximate surface area is 175 Å². The van der Waals surface area contributed by atoms with Crippen molar-refractivity contribution >= 4 is 38.7 Å². The first kappa shape index (κ1) is 21.6. The molecule has 1 aromatic carbocycles. The molecule has 0 atom stereocenters. The van der Waals surface area contributed by atoms with Crippen LogP contribution in [0, 0.1) is 0 Å². The molecule has 4 N–H and O–H groups in total. The van der Waals surface area contributed by atoms with E-state index in [0.29, 0.717) is 16.9 Å². The van der Waals surface area contributed by atoms with Gasteiger partial charge in [-0.05, 0) is 49.4 Å². The summed E-state index contributed by atoms with van der Waals surface area (Å²) in [5, 5.41) is 2.56. The van der Waals surface area contributed by atoms with Crippen molar-refractivity contribution < 1.29 is 13.2 Å². The Kier molecular flexibility index (Phi) is 5.97. The summed E-state index contributed by atoms with van der Waals surface area (Å²) in [4.78, 5) is 30.8. The number of anilines is 2. The van der Waals surface area contributed by atoms with E-state index in [4.69, 9.17) is 5.73 Å². The number of nitrogens with two attached hydrogens (primary N) is 1. The van der Waals surface area contributed by atoms with Gasteiger partial charge in [0.1, 0.15) is 5.71 Å². The van der Waals surface area contributed by atoms with Crippen molar-refractivity contribution in [3.63, 3.8) is 0 Å². The van der Waals surface area contributed by atoms with Gasteiger partial charge in [0.15, 0.2) is 0 Å². The number of rotatable bonds is 7. The highest BCUT2D eigenvalue weighted by molar-refractivity contribution is 7.92. The number of amides is 1. The molecule has 0 saturated heterocycles. The number of aliphatic imine (C=N–C) groups is 1. The van der Waals surface area contributed by atoms with Crippen LogP contribution in [0.3, 0.4) is 0 Å². The summed E-state index contributed by atoms with van der Waals surface area (Å²) in [6, 6.07) is 6.17. The number of hydrogen-bond acceptors (Lipinski definition) is 6. The van der Waals surface area contributed by atoms with Crippen LogP contribution in [0.25, 0.3) is 0 Å². The van der Waals surface area contributed by atoms with E-state index in [1.807, 2.05) is 0 Å². The van der Waals surface area contributed by atoms with Gasteiger partial charge in [0.25, 0.3) is 5.91 Å². The molecule has 0 spiro atoms. The van der Waals surface area contributed by atoms with Crippen molar-refractivity contribution in [2.45, 2.75) is 25.7 Å². The number of carbonyl (C=O) groups excluding carboxylic acids is 1. The molecule has 2 aromatic rings. The molecule has 1 amide bonds. The molecule has 160 valence electrons. The van der Waals surface area contributed by atoms with E-state index < -0.39 is 15.9 Å². The smallest absolute Gasteiger partial charge is 0.270 e. The van der Waals surface area contributed by atoms with Crippen LogP contribution < -0.4 is 20.9 Å². The number of nitrogens with zero attached hydrogens (tertiary/aromatic N) is 2. The third-order valence-electron chi connectivity index (χ3n) is 4.88. The number of aromatic nitrogens is 1. The largest absolute Gasteiger partial charge is 0.398 e. The van der Waals surface area contributed by atoms with Crippen molar-refractivity contribution in [1.82, 2.24) is 10.3 Å².